The Bertz CT molecular complexity index is 739. The number of nitrogens with one attached hydrogen (secondary N) is 1. The Morgan fingerprint density at radius 1 is 1.07 bits per heavy atom. The lowest BCUT2D eigenvalue weighted by Gasteiger charge is -2.58. The van der Waals surface area contributed by atoms with Gasteiger partial charge in [0.25, 0.3) is 0 Å². The van der Waals surface area contributed by atoms with Crippen molar-refractivity contribution in [2.24, 2.45) is 46.3 Å². The first kappa shape index (κ1) is 20.2. The molecule has 6 rings (SSSR count). The van der Waals surface area contributed by atoms with Crippen LogP contribution in [0.5, 0.6) is 0 Å². The summed E-state index contributed by atoms with van der Waals surface area (Å²) in [7, 11) is 0. The highest BCUT2D eigenvalue weighted by molar-refractivity contribution is 5.26. The van der Waals surface area contributed by atoms with Crippen molar-refractivity contribution in [3.63, 3.8) is 0 Å². The minimum absolute atomic E-state index is 0.0439. The summed E-state index contributed by atoms with van der Waals surface area (Å²) in [6.45, 7) is 11.2. The Labute approximate surface area is 183 Å². The van der Waals surface area contributed by atoms with Crippen LogP contribution >= 0.6 is 0 Å². The van der Waals surface area contributed by atoms with Crippen LogP contribution in [0.4, 0.5) is 0 Å². The summed E-state index contributed by atoms with van der Waals surface area (Å²) >= 11 is 0. The van der Waals surface area contributed by atoms with Crippen molar-refractivity contribution in [2.75, 3.05) is 6.54 Å². The first-order chi connectivity index (χ1) is 14.3. The van der Waals surface area contributed by atoms with Gasteiger partial charge < -0.3 is 9.84 Å². The van der Waals surface area contributed by atoms with Crippen LogP contribution in [0.25, 0.3) is 0 Å². The lowest BCUT2D eigenvalue weighted by molar-refractivity contribution is -0.115. The number of piperidine rings is 1. The SMILES string of the molecule is CC1CC[C@@]2(NC1)O[C@@H]1C[C@H]3[C@@H]4CC=C5C[C@@H](O)CC[C@]5(C)[C@H]4CC[C@]3(C)[C@H]1[C@@H]2C. The van der Waals surface area contributed by atoms with Crippen LogP contribution in [-0.2, 0) is 4.74 Å². The molecule has 30 heavy (non-hydrogen) atoms. The Morgan fingerprint density at radius 2 is 1.90 bits per heavy atom. The van der Waals surface area contributed by atoms with Crippen LogP contribution in [0, 0.1) is 46.3 Å². The Kier molecular flexibility index (Phi) is 4.44. The molecule has 0 aromatic heterocycles. The normalized spacial score (nSPS) is 59.8. The predicted molar refractivity (Wildman–Crippen MR) is 120 cm³/mol. The van der Waals surface area contributed by atoms with E-state index in [4.69, 9.17) is 4.74 Å². The van der Waals surface area contributed by atoms with Crippen LogP contribution in [0.2, 0.25) is 0 Å². The van der Waals surface area contributed by atoms with Gasteiger partial charge in [0.15, 0.2) is 0 Å². The molecule has 0 bridgehead atoms. The third kappa shape index (κ3) is 2.55. The zero-order chi connectivity index (χ0) is 20.9. The van der Waals surface area contributed by atoms with E-state index in [0.717, 1.165) is 49.0 Å². The quantitative estimate of drug-likeness (QED) is 0.530. The van der Waals surface area contributed by atoms with Crippen LogP contribution in [0.15, 0.2) is 11.6 Å². The molecule has 0 amide bonds. The van der Waals surface area contributed by atoms with E-state index in [9.17, 15) is 5.11 Å². The Morgan fingerprint density at radius 3 is 2.67 bits per heavy atom. The second-order valence-corrected chi connectivity index (χ2v) is 12.8. The molecule has 0 radical (unpaired) electrons. The van der Waals surface area contributed by atoms with Gasteiger partial charge in [0, 0.05) is 12.5 Å². The van der Waals surface area contributed by atoms with Gasteiger partial charge in [-0.3, -0.25) is 5.32 Å². The molecule has 2 heterocycles. The summed E-state index contributed by atoms with van der Waals surface area (Å²) in [6.07, 6.45) is 13.8. The fourth-order valence-electron chi connectivity index (χ4n) is 9.84. The van der Waals surface area contributed by atoms with E-state index in [1.54, 1.807) is 5.57 Å². The Balaban J connectivity index is 1.28. The molecule has 1 spiro atoms. The number of allylic oxidation sites excluding steroid dienone is 1. The fraction of sp³-hybridized carbons (Fsp3) is 0.926. The van der Waals surface area contributed by atoms with Gasteiger partial charge >= 0.3 is 0 Å². The molecule has 0 aromatic carbocycles. The standard InChI is InChI=1S/C27H43NO2/c1-16-7-12-27(28-15-16)17(2)24-23(30-27)14-22-20-6-5-18-13-19(29)8-10-25(18,3)21(20)9-11-26(22,24)4/h5,16-17,19-24,28-29H,6-15H2,1-4H3/t16?,17-,19-,20+,21-,22-,23+,24-,25-,26-,27+/m0/s1. The lowest BCUT2D eigenvalue weighted by Crippen LogP contribution is -2.57. The molecule has 5 fully saturated rings. The van der Waals surface area contributed by atoms with E-state index in [1.165, 1.54) is 44.9 Å². The van der Waals surface area contributed by atoms with Gasteiger partial charge in [-0.15, -0.1) is 0 Å². The molecular formula is C27H43NO2. The van der Waals surface area contributed by atoms with Crippen LogP contribution in [0.3, 0.4) is 0 Å². The number of aliphatic hydroxyl groups excluding tert-OH is 1. The molecule has 3 heteroatoms. The number of ether oxygens (including phenoxy) is 1. The van der Waals surface area contributed by atoms with Gasteiger partial charge in [-0.1, -0.05) is 39.3 Å². The topological polar surface area (TPSA) is 41.5 Å². The highest BCUT2D eigenvalue weighted by atomic mass is 16.5. The smallest absolute Gasteiger partial charge is 0.122 e. The number of hydrogen-bond acceptors (Lipinski definition) is 3. The molecule has 0 aromatic rings. The average Bonchev–Trinajstić information content (AvgIpc) is 3.16. The van der Waals surface area contributed by atoms with E-state index >= 15 is 0 Å². The van der Waals surface area contributed by atoms with Crippen molar-refractivity contribution in [3.05, 3.63) is 11.6 Å². The van der Waals surface area contributed by atoms with Gasteiger partial charge in [-0.2, -0.15) is 0 Å². The maximum Gasteiger partial charge on any atom is 0.122 e. The first-order valence-electron chi connectivity index (χ1n) is 13.1. The fourth-order valence-corrected chi connectivity index (χ4v) is 9.84. The molecule has 6 aliphatic rings. The van der Waals surface area contributed by atoms with Gasteiger partial charge in [-0.05, 0) is 98.2 Å². The molecule has 11 atom stereocenters. The van der Waals surface area contributed by atoms with Crippen molar-refractivity contribution in [2.45, 2.75) is 103 Å². The summed E-state index contributed by atoms with van der Waals surface area (Å²) in [5.74, 6) is 4.58. The molecule has 3 saturated carbocycles. The number of fused-ring (bicyclic) bond motifs is 7. The highest BCUT2D eigenvalue weighted by Gasteiger charge is 2.68. The summed E-state index contributed by atoms with van der Waals surface area (Å²) in [6, 6.07) is 0. The third-order valence-electron chi connectivity index (χ3n) is 11.6. The van der Waals surface area contributed by atoms with Crippen molar-refractivity contribution < 1.29 is 9.84 Å². The van der Waals surface area contributed by atoms with Crippen molar-refractivity contribution in [1.29, 1.82) is 0 Å². The van der Waals surface area contributed by atoms with Crippen LogP contribution < -0.4 is 5.32 Å². The van der Waals surface area contributed by atoms with E-state index < -0.39 is 0 Å². The van der Waals surface area contributed by atoms with Crippen molar-refractivity contribution in [1.82, 2.24) is 5.32 Å². The number of aliphatic hydroxyl groups is 1. The predicted octanol–water partition coefficient (Wildman–Crippen LogP) is 5.29. The molecule has 2 N–H and O–H groups in total. The number of hydrogen-bond donors (Lipinski definition) is 2. The molecule has 3 nitrogen and oxygen atoms in total. The Hall–Kier alpha value is -0.380. The third-order valence-corrected chi connectivity index (χ3v) is 11.6. The van der Waals surface area contributed by atoms with E-state index in [-0.39, 0.29) is 11.8 Å². The van der Waals surface area contributed by atoms with E-state index in [1.807, 2.05) is 0 Å². The zero-order valence-electron chi connectivity index (χ0n) is 19.6. The summed E-state index contributed by atoms with van der Waals surface area (Å²) in [5.41, 5.74) is 2.33. The molecular weight excluding hydrogens is 370 g/mol. The second kappa shape index (κ2) is 6.58. The van der Waals surface area contributed by atoms with Crippen LogP contribution in [-0.4, -0.2) is 29.6 Å². The van der Waals surface area contributed by atoms with Gasteiger partial charge in [0.05, 0.1) is 12.2 Å². The number of rotatable bonds is 0. The average molecular weight is 414 g/mol. The molecule has 2 saturated heterocycles. The second-order valence-electron chi connectivity index (χ2n) is 12.8. The summed E-state index contributed by atoms with van der Waals surface area (Å²) < 4.78 is 7.00. The van der Waals surface area contributed by atoms with E-state index in [2.05, 4.69) is 39.1 Å². The largest absolute Gasteiger partial charge is 0.393 e. The summed E-state index contributed by atoms with van der Waals surface area (Å²) in [4.78, 5) is 0. The maximum atomic E-state index is 10.3. The minimum Gasteiger partial charge on any atom is -0.393 e. The maximum absolute atomic E-state index is 10.3. The minimum atomic E-state index is -0.100. The van der Waals surface area contributed by atoms with Crippen molar-refractivity contribution in [3.8, 4) is 0 Å². The van der Waals surface area contributed by atoms with Gasteiger partial charge in [0.1, 0.15) is 5.72 Å². The highest BCUT2D eigenvalue weighted by Crippen LogP contribution is 2.70. The summed E-state index contributed by atoms with van der Waals surface area (Å²) in [5, 5.41) is 14.1. The van der Waals surface area contributed by atoms with Crippen molar-refractivity contribution >= 4 is 0 Å². The van der Waals surface area contributed by atoms with Crippen LogP contribution in [0.1, 0.15) is 85.5 Å². The van der Waals surface area contributed by atoms with Gasteiger partial charge in [0.2, 0.25) is 0 Å². The molecule has 4 aliphatic carbocycles. The molecule has 168 valence electrons. The van der Waals surface area contributed by atoms with Gasteiger partial charge in [-0.25, -0.2) is 0 Å². The monoisotopic (exact) mass is 413 g/mol. The lowest BCUT2D eigenvalue weighted by atomic mass is 9.47. The molecule has 1 unspecified atom stereocenters. The zero-order valence-corrected chi connectivity index (χ0v) is 19.6. The first-order valence-corrected chi connectivity index (χ1v) is 13.1. The van der Waals surface area contributed by atoms with E-state index in [0.29, 0.717) is 22.9 Å². The molecule has 2 aliphatic heterocycles.